The number of nitrogens with zero attached hydrogens (tertiary/aromatic N) is 1. The van der Waals surface area contributed by atoms with Crippen LogP contribution in [0.25, 0.3) is 0 Å². The Morgan fingerprint density at radius 3 is 2.40 bits per heavy atom. The molecule has 3 rings (SSSR count). The zero-order valence-electron chi connectivity index (χ0n) is 31.8. The molecule has 294 valence electrons. The summed E-state index contributed by atoms with van der Waals surface area (Å²) in [5.74, 6) is -2.88. The van der Waals surface area contributed by atoms with E-state index in [9.17, 15) is 29.1 Å². The van der Waals surface area contributed by atoms with E-state index in [1.54, 1.807) is 58.0 Å². The lowest BCUT2D eigenvalue weighted by molar-refractivity contribution is -0.309. The summed E-state index contributed by atoms with van der Waals surface area (Å²) in [6, 6.07) is 8.84. The van der Waals surface area contributed by atoms with Crippen molar-refractivity contribution in [3.05, 3.63) is 60.2 Å². The standard InChI is InChI=1S/C39H56N2O12/c1-24-22-29(19-21-42)36(37(48-7)31(51-27(4)43)23-32(45)49-25(2)14-10-8-13-17-30(24)44)52-38-34(46)33(41(5)6)35(26(3)50-38)53-39(47)40-20-18-28-15-11-9-12-16-28/h8-13,15-17,21,24-26,29,31,33-38,46H,14,18-20,22-23H2,1-7H3,(H,40,47)/b10-8+,17-13+/t24-,25-,26-,29+,31-,33-,34-,35-,36+,37+,38+/m1/s1. The van der Waals surface area contributed by atoms with E-state index in [4.69, 9.17) is 28.4 Å². The zero-order chi connectivity index (χ0) is 39.1. The molecule has 11 atom stereocenters. The number of methoxy groups -OCH3 is 1. The summed E-state index contributed by atoms with van der Waals surface area (Å²) in [6.07, 6.45) is -1.56. The fourth-order valence-corrected chi connectivity index (χ4v) is 6.75. The minimum Gasteiger partial charge on any atom is -0.462 e. The van der Waals surface area contributed by atoms with Gasteiger partial charge in [0.1, 0.15) is 36.8 Å². The number of rotatable bonds is 11. The smallest absolute Gasteiger partial charge is 0.407 e. The summed E-state index contributed by atoms with van der Waals surface area (Å²) < 4.78 is 35.7. The number of alkyl carbamates (subject to hydrolysis) is 1. The maximum absolute atomic E-state index is 13.2. The molecule has 1 fully saturated rings. The fraction of sp³-hybridized carbons (Fsp3) is 0.615. The average Bonchev–Trinajstić information content (AvgIpc) is 3.09. The number of ether oxygens (including phenoxy) is 6. The van der Waals surface area contributed by atoms with Crippen molar-refractivity contribution in [3.63, 3.8) is 0 Å². The molecular formula is C39H56N2O12. The van der Waals surface area contributed by atoms with E-state index >= 15 is 0 Å². The maximum atomic E-state index is 13.2. The van der Waals surface area contributed by atoms with Gasteiger partial charge >= 0.3 is 18.0 Å². The number of amides is 1. The van der Waals surface area contributed by atoms with Crippen molar-refractivity contribution < 1.29 is 57.5 Å². The van der Waals surface area contributed by atoms with E-state index in [2.05, 4.69) is 5.32 Å². The van der Waals surface area contributed by atoms with Gasteiger partial charge in [0, 0.05) is 39.3 Å². The number of allylic oxidation sites excluding steroid dienone is 3. The third-order valence-electron chi connectivity index (χ3n) is 9.39. The maximum Gasteiger partial charge on any atom is 0.407 e. The molecule has 1 saturated heterocycles. The highest BCUT2D eigenvalue weighted by Gasteiger charge is 2.50. The Balaban J connectivity index is 1.95. The van der Waals surface area contributed by atoms with Crippen molar-refractivity contribution in [1.82, 2.24) is 10.2 Å². The van der Waals surface area contributed by atoms with Crippen LogP contribution < -0.4 is 5.32 Å². The largest absolute Gasteiger partial charge is 0.462 e. The highest BCUT2D eigenvalue weighted by molar-refractivity contribution is 5.91. The number of aliphatic hydroxyl groups is 1. The number of carbonyl (C=O) groups is 5. The van der Waals surface area contributed by atoms with E-state index < -0.39 is 91.3 Å². The van der Waals surface area contributed by atoms with Gasteiger partial charge in [-0.2, -0.15) is 0 Å². The monoisotopic (exact) mass is 744 g/mol. The number of aldehydes is 1. The van der Waals surface area contributed by atoms with E-state index in [1.807, 2.05) is 30.3 Å². The molecular weight excluding hydrogens is 688 g/mol. The molecule has 0 radical (unpaired) electrons. The normalized spacial score (nSPS) is 33.0. The van der Waals surface area contributed by atoms with Crippen molar-refractivity contribution in [2.45, 2.75) is 115 Å². The van der Waals surface area contributed by atoms with Gasteiger partial charge in [-0.3, -0.25) is 14.4 Å². The van der Waals surface area contributed by atoms with Gasteiger partial charge in [-0.05, 0) is 58.3 Å². The van der Waals surface area contributed by atoms with Gasteiger partial charge in [-0.15, -0.1) is 0 Å². The molecule has 53 heavy (non-hydrogen) atoms. The summed E-state index contributed by atoms with van der Waals surface area (Å²) in [4.78, 5) is 65.5. The summed E-state index contributed by atoms with van der Waals surface area (Å²) in [6.45, 7) is 6.62. The molecule has 0 aromatic heterocycles. The lowest BCUT2D eigenvalue weighted by Gasteiger charge is -2.47. The van der Waals surface area contributed by atoms with Gasteiger partial charge in [-0.1, -0.05) is 55.5 Å². The van der Waals surface area contributed by atoms with Crippen LogP contribution in [0.15, 0.2) is 54.6 Å². The van der Waals surface area contributed by atoms with Crippen LogP contribution in [0.3, 0.4) is 0 Å². The van der Waals surface area contributed by atoms with Crippen LogP contribution in [0.4, 0.5) is 4.79 Å². The highest BCUT2D eigenvalue weighted by Crippen LogP contribution is 2.34. The van der Waals surface area contributed by atoms with Crippen molar-refractivity contribution in [2.75, 3.05) is 27.7 Å². The Morgan fingerprint density at radius 1 is 1.04 bits per heavy atom. The van der Waals surface area contributed by atoms with Crippen LogP contribution in [0.5, 0.6) is 0 Å². The minimum atomic E-state index is -1.41. The second-order valence-electron chi connectivity index (χ2n) is 13.9. The molecule has 14 heteroatoms. The Morgan fingerprint density at radius 2 is 1.75 bits per heavy atom. The molecule has 14 nitrogen and oxygen atoms in total. The number of esters is 2. The van der Waals surface area contributed by atoms with Crippen LogP contribution in [-0.4, -0.2) is 123 Å². The molecule has 2 heterocycles. The molecule has 0 saturated carbocycles. The number of ketones is 1. The molecule has 0 spiro atoms. The van der Waals surface area contributed by atoms with Crippen LogP contribution in [0.2, 0.25) is 0 Å². The zero-order valence-corrected chi connectivity index (χ0v) is 31.8. The van der Waals surface area contributed by atoms with Gasteiger partial charge in [0.2, 0.25) is 0 Å². The Bertz CT molecular complexity index is 1400. The summed E-state index contributed by atoms with van der Waals surface area (Å²) >= 11 is 0. The van der Waals surface area contributed by atoms with E-state index in [-0.39, 0.29) is 18.6 Å². The number of aliphatic hydroxyl groups excluding tert-OH is 1. The van der Waals surface area contributed by atoms with Gasteiger partial charge in [0.25, 0.3) is 0 Å². The number of likely N-dealkylation sites (N-methyl/N-ethyl adjacent to an activating group) is 1. The first-order valence-corrected chi connectivity index (χ1v) is 18.1. The Kier molecular flexibility index (Phi) is 17.8. The number of hydrogen-bond donors (Lipinski definition) is 2. The quantitative estimate of drug-likeness (QED) is 0.192. The van der Waals surface area contributed by atoms with Crippen molar-refractivity contribution in [2.24, 2.45) is 11.8 Å². The highest BCUT2D eigenvalue weighted by atomic mass is 16.7. The van der Waals surface area contributed by atoms with Crippen molar-refractivity contribution in [1.29, 1.82) is 0 Å². The lowest BCUT2D eigenvalue weighted by atomic mass is 9.83. The van der Waals surface area contributed by atoms with Crippen LogP contribution >= 0.6 is 0 Å². The van der Waals surface area contributed by atoms with Gasteiger partial charge in [0.05, 0.1) is 24.7 Å². The summed E-state index contributed by atoms with van der Waals surface area (Å²) in [5, 5.41) is 14.6. The van der Waals surface area contributed by atoms with Crippen LogP contribution in [0.1, 0.15) is 58.9 Å². The van der Waals surface area contributed by atoms with Gasteiger partial charge in [-0.25, -0.2) is 4.79 Å². The van der Waals surface area contributed by atoms with Crippen molar-refractivity contribution >= 4 is 30.1 Å². The first-order valence-electron chi connectivity index (χ1n) is 18.1. The Hall–Kier alpha value is -3.95. The van der Waals surface area contributed by atoms with Gasteiger partial charge in [0.15, 0.2) is 12.1 Å². The number of benzene rings is 1. The molecule has 2 aliphatic rings. The van der Waals surface area contributed by atoms with E-state index in [0.29, 0.717) is 25.7 Å². The number of cyclic esters (lactones) is 1. The third kappa shape index (κ3) is 13.4. The molecule has 2 aliphatic heterocycles. The molecule has 0 bridgehead atoms. The van der Waals surface area contributed by atoms with Gasteiger partial charge < -0.3 is 48.5 Å². The minimum absolute atomic E-state index is 0.107. The summed E-state index contributed by atoms with van der Waals surface area (Å²) in [5.41, 5.74) is 1.05. The first-order chi connectivity index (χ1) is 25.2. The van der Waals surface area contributed by atoms with Crippen molar-refractivity contribution in [3.8, 4) is 0 Å². The second kappa shape index (κ2) is 21.7. The first kappa shape index (κ1) is 43.5. The fourth-order valence-electron chi connectivity index (χ4n) is 6.75. The number of hydrogen-bond acceptors (Lipinski definition) is 13. The second-order valence-corrected chi connectivity index (χ2v) is 13.9. The SMILES string of the molecule is CO[C@@H]1[C@@H](O[C@@H]2O[C@H](C)[C@@H](OC(=O)NCCc3ccccc3)[C@H](N(C)C)[C@H]2O)[C@@H](CC=O)C[C@@H](C)C(=O)/C=C/C=C/C[C@@H](C)OC(=O)C[C@H]1OC(C)=O. The summed E-state index contributed by atoms with van der Waals surface area (Å²) in [7, 11) is 4.77. The number of carbonyl (C=O) groups excluding carboxylic acids is 5. The lowest BCUT2D eigenvalue weighted by Crippen LogP contribution is -2.65. The predicted octanol–water partition coefficient (Wildman–Crippen LogP) is 3.33. The predicted molar refractivity (Wildman–Crippen MR) is 193 cm³/mol. The molecule has 1 amide bonds. The number of nitrogens with one attached hydrogen (secondary N) is 1. The van der Waals surface area contributed by atoms with Crippen LogP contribution in [-0.2, 0) is 54.0 Å². The third-order valence-corrected chi connectivity index (χ3v) is 9.39. The molecule has 0 unspecified atom stereocenters. The molecule has 1 aromatic carbocycles. The molecule has 2 N–H and O–H groups in total. The average molecular weight is 745 g/mol. The van der Waals surface area contributed by atoms with E-state index in [0.717, 1.165) is 5.56 Å². The van der Waals surface area contributed by atoms with Crippen LogP contribution in [0, 0.1) is 11.8 Å². The molecule has 0 aliphatic carbocycles. The van der Waals surface area contributed by atoms with E-state index in [1.165, 1.54) is 20.1 Å². The Labute approximate surface area is 312 Å². The molecule has 1 aromatic rings. The topological polar surface area (TPSA) is 176 Å².